The Bertz CT molecular complexity index is 1050. The normalized spacial score (nSPS) is 17.8. The number of hydrogen-bond donors (Lipinski definition) is 1. The number of ether oxygens (including phenoxy) is 1. The van der Waals surface area contributed by atoms with Gasteiger partial charge in [0, 0.05) is 25.6 Å². The number of aromatic nitrogens is 2. The molecule has 1 aliphatic carbocycles. The van der Waals surface area contributed by atoms with Gasteiger partial charge in [-0.05, 0) is 43.5 Å². The van der Waals surface area contributed by atoms with Crippen molar-refractivity contribution >= 4 is 5.91 Å². The number of hydrogen-bond acceptors (Lipinski definition) is 4. The summed E-state index contributed by atoms with van der Waals surface area (Å²) in [6, 6.07) is 20.2. The molecule has 1 N–H and O–H groups in total. The number of aryl methyl sites for hydroxylation is 1. The molecule has 2 heterocycles. The summed E-state index contributed by atoms with van der Waals surface area (Å²) in [5.74, 6) is 0.389. The van der Waals surface area contributed by atoms with E-state index >= 15 is 0 Å². The minimum absolute atomic E-state index is 0.0907. The largest absolute Gasteiger partial charge is 0.379 e. The van der Waals surface area contributed by atoms with Crippen LogP contribution in [-0.4, -0.2) is 53.4 Å². The van der Waals surface area contributed by atoms with E-state index in [2.05, 4.69) is 41.4 Å². The molecule has 0 spiro atoms. The van der Waals surface area contributed by atoms with E-state index in [1.165, 1.54) is 5.56 Å². The third kappa shape index (κ3) is 4.76. The number of morpholine rings is 1. The third-order valence-electron chi connectivity index (χ3n) is 6.29. The summed E-state index contributed by atoms with van der Waals surface area (Å²) in [7, 11) is 0. The molecule has 5 rings (SSSR count). The second kappa shape index (κ2) is 9.27. The zero-order chi connectivity index (χ0) is 21.9. The molecule has 2 fully saturated rings. The molecule has 0 unspecified atom stereocenters. The first-order chi connectivity index (χ1) is 15.7. The average Bonchev–Trinajstić information content (AvgIpc) is 3.58. The Morgan fingerprint density at radius 2 is 1.81 bits per heavy atom. The number of carbonyl (C=O) groups is 1. The number of para-hydroxylation sites is 1. The topological polar surface area (TPSA) is 59.4 Å². The summed E-state index contributed by atoms with van der Waals surface area (Å²) in [6.45, 7) is 6.07. The second-order valence-electron chi connectivity index (χ2n) is 8.83. The molecule has 3 aromatic rings. The van der Waals surface area contributed by atoms with Crippen LogP contribution in [0.4, 0.5) is 0 Å². The van der Waals surface area contributed by atoms with Gasteiger partial charge in [0.15, 0.2) is 0 Å². The Kier molecular flexibility index (Phi) is 6.06. The zero-order valence-electron chi connectivity index (χ0n) is 18.5. The SMILES string of the molecule is Cc1ccc([C@@H](CN2CCOCC2)NC(=O)c2cc(C3CC3)nn2-c2ccccc2)cc1. The highest BCUT2D eigenvalue weighted by molar-refractivity contribution is 5.93. The summed E-state index contributed by atoms with van der Waals surface area (Å²) >= 11 is 0. The van der Waals surface area contributed by atoms with E-state index in [9.17, 15) is 4.79 Å². The molecule has 0 radical (unpaired) electrons. The molecule has 2 aliphatic rings. The molecule has 6 nitrogen and oxygen atoms in total. The van der Waals surface area contributed by atoms with E-state index in [1.54, 1.807) is 4.68 Å². The van der Waals surface area contributed by atoms with E-state index in [0.717, 1.165) is 62.6 Å². The number of amides is 1. The Balaban J connectivity index is 1.43. The molecule has 1 atom stereocenters. The lowest BCUT2D eigenvalue weighted by atomic mass is 10.0. The second-order valence-corrected chi connectivity index (χ2v) is 8.83. The minimum Gasteiger partial charge on any atom is -0.379 e. The van der Waals surface area contributed by atoms with Crippen LogP contribution in [0.5, 0.6) is 0 Å². The Labute approximate surface area is 189 Å². The van der Waals surface area contributed by atoms with Crippen molar-refractivity contribution < 1.29 is 9.53 Å². The molecular formula is C26H30N4O2. The zero-order valence-corrected chi connectivity index (χ0v) is 18.5. The first-order valence-corrected chi connectivity index (χ1v) is 11.5. The first kappa shape index (κ1) is 20.9. The molecule has 166 valence electrons. The summed E-state index contributed by atoms with van der Waals surface area (Å²) in [4.78, 5) is 15.9. The van der Waals surface area contributed by atoms with E-state index in [-0.39, 0.29) is 11.9 Å². The number of benzene rings is 2. The van der Waals surface area contributed by atoms with E-state index in [1.807, 2.05) is 36.4 Å². The molecule has 1 amide bonds. The Morgan fingerprint density at radius 1 is 1.09 bits per heavy atom. The highest BCUT2D eigenvalue weighted by Crippen LogP contribution is 2.39. The van der Waals surface area contributed by atoms with Gasteiger partial charge in [-0.25, -0.2) is 4.68 Å². The molecule has 0 bridgehead atoms. The van der Waals surface area contributed by atoms with Gasteiger partial charge in [0.25, 0.3) is 5.91 Å². The van der Waals surface area contributed by atoms with Crippen molar-refractivity contribution in [3.05, 3.63) is 83.2 Å². The molecule has 1 aliphatic heterocycles. The van der Waals surface area contributed by atoms with Gasteiger partial charge in [0.1, 0.15) is 5.69 Å². The number of nitrogens with one attached hydrogen (secondary N) is 1. The summed E-state index contributed by atoms with van der Waals surface area (Å²) < 4.78 is 7.30. The fourth-order valence-corrected chi connectivity index (χ4v) is 4.21. The van der Waals surface area contributed by atoms with Gasteiger partial charge < -0.3 is 10.1 Å². The first-order valence-electron chi connectivity index (χ1n) is 11.5. The summed E-state index contributed by atoms with van der Waals surface area (Å²) in [6.07, 6.45) is 2.30. The van der Waals surface area contributed by atoms with Crippen LogP contribution in [0, 0.1) is 6.92 Å². The molecular weight excluding hydrogens is 400 g/mol. The number of rotatable bonds is 7. The van der Waals surface area contributed by atoms with E-state index in [0.29, 0.717) is 11.6 Å². The van der Waals surface area contributed by atoms with E-state index < -0.39 is 0 Å². The maximum Gasteiger partial charge on any atom is 0.270 e. The smallest absolute Gasteiger partial charge is 0.270 e. The minimum atomic E-state index is -0.107. The fraction of sp³-hybridized carbons (Fsp3) is 0.385. The predicted octanol–water partition coefficient (Wildman–Crippen LogP) is 3.86. The van der Waals surface area contributed by atoms with Gasteiger partial charge in [0.05, 0.1) is 30.6 Å². The van der Waals surface area contributed by atoms with Crippen LogP contribution in [0.25, 0.3) is 5.69 Å². The van der Waals surface area contributed by atoms with E-state index in [4.69, 9.17) is 9.84 Å². The van der Waals surface area contributed by atoms with Crippen LogP contribution in [0.1, 0.15) is 52.1 Å². The standard InChI is InChI=1S/C26H30N4O2/c1-19-7-9-21(10-8-19)24(18-29-13-15-32-16-14-29)27-26(31)25-17-23(20-11-12-20)28-30(25)22-5-3-2-4-6-22/h2-10,17,20,24H,11-16,18H2,1H3,(H,27,31)/t24-/m1/s1. The predicted molar refractivity (Wildman–Crippen MR) is 124 cm³/mol. The van der Waals surface area contributed by atoms with Crippen LogP contribution < -0.4 is 5.32 Å². The Morgan fingerprint density at radius 3 is 2.50 bits per heavy atom. The van der Waals surface area contributed by atoms with Crippen molar-refractivity contribution in [1.82, 2.24) is 20.0 Å². The van der Waals surface area contributed by atoms with Crippen molar-refractivity contribution in [3.63, 3.8) is 0 Å². The molecule has 1 saturated carbocycles. The maximum absolute atomic E-state index is 13.6. The lowest BCUT2D eigenvalue weighted by molar-refractivity contribution is 0.0332. The fourth-order valence-electron chi connectivity index (χ4n) is 4.21. The van der Waals surface area contributed by atoms with Crippen molar-refractivity contribution in [2.75, 3.05) is 32.8 Å². The molecule has 1 aromatic heterocycles. The number of nitrogens with zero attached hydrogens (tertiary/aromatic N) is 3. The van der Waals surface area contributed by atoms with Crippen molar-refractivity contribution in [1.29, 1.82) is 0 Å². The van der Waals surface area contributed by atoms with Crippen LogP contribution >= 0.6 is 0 Å². The van der Waals surface area contributed by atoms with Gasteiger partial charge in [-0.3, -0.25) is 9.69 Å². The van der Waals surface area contributed by atoms with Gasteiger partial charge in [-0.1, -0.05) is 48.0 Å². The number of carbonyl (C=O) groups excluding carboxylic acids is 1. The van der Waals surface area contributed by atoms with Crippen molar-refractivity contribution in [2.24, 2.45) is 0 Å². The monoisotopic (exact) mass is 430 g/mol. The van der Waals surface area contributed by atoms with Crippen LogP contribution in [0.2, 0.25) is 0 Å². The van der Waals surface area contributed by atoms with Crippen LogP contribution in [-0.2, 0) is 4.74 Å². The summed E-state index contributed by atoms with van der Waals surface area (Å²) in [5, 5.41) is 8.12. The highest BCUT2D eigenvalue weighted by Gasteiger charge is 2.30. The van der Waals surface area contributed by atoms with Gasteiger partial charge in [-0.15, -0.1) is 0 Å². The maximum atomic E-state index is 13.6. The quantitative estimate of drug-likeness (QED) is 0.618. The van der Waals surface area contributed by atoms with Gasteiger partial charge in [-0.2, -0.15) is 5.10 Å². The lowest BCUT2D eigenvalue weighted by Crippen LogP contribution is -2.43. The van der Waals surface area contributed by atoms with Crippen LogP contribution in [0.15, 0.2) is 60.7 Å². The van der Waals surface area contributed by atoms with Crippen molar-refractivity contribution in [2.45, 2.75) is 31.7 Å². The van der Waals surface area contributed by atoms with Crippen molar-refractivity contribution in [3.8, 4) is 5.69 Å². The highest BCUT2D eigenvalue weighted by atomic mass is 16.5. The summed E-state index contributed by atoms with van der Waals surface area (Å²) in [5.41, 5.74) is 4.84. The molecule has 6 heteroatoms. The molecule has 2 aromatic carbocycles. The Hall–Kier alpha value is -2.96. The van der Waals surface area contributed by atoms with Gasteiger partial charge in [0.2, 0.25) is 0 Å². The van der Waals surface area contributed by atoms with Gasteiger partial charge >= 0.3 is 0 Å². The third-order valence-corrected chi connectivity index (χ3v) is 6.29. The average molecular weight is 431 g/mol. The lowest BCUT2D eigenvalue weighted by Gasteiger charge is -2.31. The molecule has 1 saturated heterocycles. The van der Waals surface area contributed by atoms with Crippen LogP contribution in [0.3, 0.4) is 0 Å². The molecule has 32 heavy (non-hydrogen) atoms.